The zero-order valence-corrected chi connectivity index (χ0v) is 8.23. The molecule has 0 fully saturated rings. The molecule has 0 atom stereocenters. The zero-order valence-electron chi connectivity index (χ0n) is 6.48. The molecule has 0 aromatic heterocycles. The molecule has 60 valence electrons. The third kappa shape index (κ3) is 39.0. The van der Waals surface area contributed by atoms with Crippen LogP contribution in [0, 0.1) is 0 Å². The molecule has 0 saturated carbocycles. The number of hydrogen-bond donors (Lipinski definition) is 0. The zero-order chi connectivity index (χ0) is 4.99. The van der Waals surface area contributed by atoms with Crippen LogP contribution in [-0.4, -0.2) is 28.0 Å². The van der Waals surface area contributed by atoms with E-state index in [9.17, 15) is 9.59 Å². The fraction of sp³-hybridized carbons (Fsp3) is 0.333. The van der Waals surface area contributed by atoms with Crippen LogP contribution in [0.3, 0.4) is 0 Å². The Morgan fingerprint density at radius 1 is 1.40 bits per heavy atom. The van der Waals surface area contributed by atoms with E-state index in [-0.39, 0.29) is 53.8 Å². The fourth-order valence-corrected chi connectivity index (χ4v) is 0.129. The fourth-order valence-electron chi connectivity index (χ4n) is 0.0655. The van der Waals surface area contributed by atoms with Gasteiger partial charge in [-0.05, 0) is 11.6 Å². The Morgan fingerprint density at radius 3 is 1.70 bits per heavy atom. The van der Waals surface area contributed by atoms with E-state index in [1.54, 1.807) is 0 Å². The van der Waals surface area contributed by atoms with Crippen LogP contribution in [0.4, 0.5) is 0 Å². The van der Waals surface area contributed by atoms with Gasteiger partial charge in [0.15, 0.2) is 0 Å². The summed E-state index contributed by atoms with van der Waals surface area (Å²) in [7, 11) is 0. The molecular formula is C3H10ClNaO5. The summed E-state index contributed by atoms with van der Waals surface area (Å²) in [5.41, 5.74) is 0. The van der Waals surface area contributed by atoms with Crippen LogP contribution in [0.25, 0.3) is 0 Å². The van der Waals surface area contributed by atoms with Gasteiger partial charge in [-0.25, -0.2) is 0 Å². The van der Waals surface area contributed by atoms with Crippen molar-refractivity contribution in [2.45, 2.75) is 6.42 Å². The van der Waals surface area contributed by atoms with Crippen LogP contribution >= 0.6 is 11.6 Å². The summed E-state index contributed by atoms with van der Waals surface area (Å²) in [5, 5.41) is -0.606. The van der Waals surface area contributed by atoms with Gasteiger partial charge in [-0.15, -0.1) is 0 Å². The molecule has 0 aromatic carbocycles. The van der Waals surface area contributed by atoms with Gasteiger partial charge < -0.3 is 22.6 Å². The maximum atomic E-state index is 9.58. The normalized spacial score (nSPS) is 4.50. The molecule has 0 amide bonds. The van der Waals surface area contributed by atoms with Gasteiger partial charge in [-0.3, -0.25) is 4.79 Å². The Morgan fingerprint density at radius 2 is 1.70 bits per heavy atom. The van der Waals surface area contributed by atoms with Gasteiger partial charge in [0, 0.05) is 0 Å². The molecule has 6 N–H and O–H groups in total. The number of hydrogen-bond acceptors (Lipinski definition) is 2. The molecular weight excluding hydrogens is 174 g/mol. The summed E-state index contributed by atoms with van der Waals surface area (Å²) in [5.74, 6) is 0. The predicted molar refractivity (Wildman–Crippen MR) is 33.5 cm³/mol. The Hall–Kier alpha value is 0.510. The Kier molecular flexibility index (Phi) is 71.0. The van der Waals surface area contributed by atoms with E-state index in [1.807, 2.05) is 0 Å². The summed E-state index contributed by atoms with van der Waals surface area (Å²) in [4.78, 5) is 18.9. The van der Waals surface area contributed by atoms with Gasteiger partial charge >= 0.3 is 29.6 Å². The van der Waals surface area contributed by atoms with E-state index >= 15 is 0 Å². The maximum Gasteiger partial charge on any atom is 1.00 e. The second kappa shape index (κ2) is 22.7. The second-order valence-electron chi connectivity index (χ2n) is 0.726. The molecule has 0 aliphatic heterocycles. The molecule has 0 aliphatic rings. The first-order valence-electron chi connectivity index (χ1n) is 1.39. The largest absolute Gasteiger partial charge is 1.00 e. The molecule has 0 aromatic rings. The van der Waals surface area contributed by atoms with Crippen molar-refractivity contribution >= 4 is 23.1 Å². The molecule has 0 rings (SSSR count). The van der Waals surface area contributed by atoms with Gasteiger partial charge in [-0.1, -0.05) is 0 Å². The monoisotopic (exact) mass is 184 g/mol. The quantitative estimate of drug-likeness (QED) is 0.184. The van der Waals surface area contributed by atoms with Crippen molar-refractivity contribution in [3.63, 3.8) is 0 Å². The number of carbonyl (C=O) groups excluding carboxylic acids is 2. The van der Waals surface area contributed by atoms with E-state index in [0.29, 0.717) is 6.29 Å². The minimum Gasteiger partial charge on any atom is -1.00 e. The number of rotatable bonds is 2. The molecule has 0 aliphatic carbocycles. The van der Waals surface area contributed by atoms with Crippen molar-refractivity contribution in [1.29, 1.82) is 0 Å². The summed E-state index contributed by atoms with van der Waals surface area (Å²) in [6.07, 6.45) is 0.289. The van der Waals surface area contributed by atoms with Crippen LogP contribution in [0.2, 0.25) is 0 Å². The Bertz CT molecular complexity index is 82.1. The van der Waals surface area contributed by atoms with E-state index in [1.165, 1.54) is 0 Å². The topological polar surface area (TPSA) is 129 Å². The summed E-state index contributed by atoms with van der Waals surface area (Å²) in [6.45, 7) is 0. The molecule has 0 saturated heterocycles. The minimum atomic E-state index is -0.606. The summed E-state index contributed by atoms with van der Waals surface area (Å²) < 4.78 is 0. The summed E-state index contributed by atoms with van der Waals surface area (Å²) in [6, 6.07) is 0. The standard InChI is InChI=1S/C3H3ClO2.Na.3H2O.H/c4-3(6)1-2-5;;;;;/h2H,1H2;;3*1H2;/q;+1;;;;-1. The third-order valence-electron chi connectivity index (χ3n) is 0.244. The molecule has 7 heteroatoms. The maximum absolute atomic E-state index is 9.58. The number of halogens is 1. The SMILES string of the molecule is O.O.O.O=CCC(=O)Cl.[H-].[Na+]. The first-order chi connectivity index (χ1) is 2.77. The molecule has 0 spiro atoms. The van der Waals surface area contributed by atoms with Gasteiger partial charge in [0.2, 0.25) is 5.24 Å². The smallest absolute Gasteiger partial charge is 1.00 e. The average Bonchev–Trinajstić information content (AvgIpc) is 1.35. The van der Waals surface area contributed by atoms with Gasteiger partial charge in [0.25, 0.3) is 0 Å². The van der Waals surface area contributed by atoms with E-state index in [4.69, 9.17) is 11.6 Å². The first kappa shape index (κ1) is 31.3. The molecule has 0 unspecified atom stereocenters. The molecule has 5 nitrogen and oxygen atoms in total. The van der Waals surface area contributed by atoms with Crippen LogP contribution in [-0.2, 0) is 9.59 Å². The second-order valence-corrected chi connectivity index (χ2v) is 1.15. The molecule has 0 radical (unpaired) electrons. The van der Waals surface area contributed by atoms with E-state index in [0.717, 1.165) is 0 Å². The predicted octanol–water partition coefficient (Wildman–Crippen LogP) is -5.02. The van der Waals surface area contributed by atoms with Crippen LogP contribution in [0.1, 0.15) is 7.85 Å². The van der Waals surface area contributed by atoms with Crippen molar-refractivity contribution in [1.82, 2.24) is 0 Å². The van der Waals surface area contributed by atoms with Crippen molar-refractivity contribution in [2.24, 2.45) is 0 Å². The first-order valence-corrected chi connectivity index (χ1v) is 1.77. The summed E-state index contributed by atoms with van der Waals surface area (Å²) >= 11 is 4.71. The van der Waals surface area contributed by atoms with Crippen molar-refractivity contribution in [2.75, 3.05) is 0 Å². The van der Waals surface area contributed by atoms with Crippen LogP contribution in [0.5, 0.6) is 0 Å². The van der Waals surface area contributed by atoms with Crippen molar-refractivity contribution in [3.8, 4) is 0 Å². The molecule has 0 bridgehead atoms. The van der Waals surface area contributed by atoms with Crippen LogP contribution < -0.4 is 29.6 Å². The molecule has 10 heavy (non-hydrogen) atoms. The Labute approximate surface area is 86.4 Å². The molecule has 0 heterocycles. The number of carbonyl (C=O) groups is 2. The number of aldehydes is 1. The minimum absolute atomic E-state index is 0. The van der Waals surface area contributed by atoms with Crippen molar-refractivity contribution in [3.05, 3.63) is 0 Å². The van der Waals surface area contributed by atoms with Gasteiger partial charge in [0.1, 0.15) is 6.29 Å². The van der Waals surface area contributed by atoms with Gasteiger partial charge in [0.05, 0.1) is 6.42 Å². The Balaban J connectivity index is -0.0000000125. The average molecular weight is 185 g/mol. The van der Waals surface area contributed by atoms with E-state index in [2.05, 4.69) is 0 Å². The van der Waals surface area contributed by atoms with Crippen LogP contribution in [0.15, 0.2) is 0 Å². The van der Waals surface area contributed by atoms with E-state index < -0.39 is 5.24 Å². The van der Waals surface area contributed by atoms with Crippen molar-refractivity contribution < 1.29 is 57.0 Å². The van der Waals surface area contributed by atoms with Gasteiger partial charge in [-0.2, -0.15) is 0 Å². The third-order valence-corrected chi connectivity index (χ3v) is 0.398.